The molecule has 0 aromatic carbocycles. The van der Waals surface area contributed by atoms with Gasteiger partial charge in [-0.1, -0.05) is 0 Å². The SMILES string of the molecule is c1cc2n(n1)[C@H](COCC1CCOCC1)CN(CC1CCOCC1)C2. The molecule has 0 radical (unpaired) electrons. The standard InChI is InChI=1S/C19H31N3O3/c1-6-20-22-18(1)12-21(11-16-2-7-23-8-3-16)13-19(22)15-25-14-17-4-9-24-10-5-17/h1,6,16-17,19H,2-5,7-15H2/t19-/m0/s1. The van der Waals surface area contributed by atoms with E-state index < -0.39 is 0 Å². The van der Waals surface area contributed by atoms with Gasteiger partial charge in [0, 0.05) is 58.9 Å². The third-order valence-corrected chi connectivity index (χ3v) is 5.81. The third-order valence-electron chi connectivity index (χ3n) is 5.81. The van der Waals surface area contributed by atoms with Gasteiger partial charge >= 0.3 is 0 Å². The number of rotatable bonds is 6. The molecule has 0 N–H and O–H groups in total. The fourth-order valence-corrected chi connectivity index (χ4v) is 4.31. The lowest BCUT2D eigenvalue weighted by Gasteiger charge is -2.36. The van der Waals surface area contributed by atoms with Crippen molar-refractivity contribution in [2.24, 2.45) is 11.8 Å². The Bertz CT molecular complexity index is 524. The van der Waals surface area contributed by atoms with Crippen molar-refractivity contribution in [2.45, 2.75) is 38.3 Å². The van der Waals surface area contributed by atoms with Gasteiger partial charge in [0.15, 0.2) is 0 Å². The third kappa shape index (κ3) is 4.61. The first kappa shape index (κ1) is 17.5. The molecule has 0 amide bonds. The quantitative estimate of drug-likeness (QED) is 0.787. The van der Waals surface area contributed by atoms with Crippen molar-refractivity contribution in [3.05, 3.63) is 18.0 Å². The molecule has 140 valence electrons. The van der Waals surface area contributed by atoms with Gasteiger partial charge in [0.05, 0.1) is 18.3 Å². The molecule has 1 aromatic rings. The van der Waals surface area contributed by atoms with E-state index in [0.717, 1.165) is 71.5 Å². The van der Waals surface area contributed by atoms with Crippen LogP contribution in [0, 0.1) is 11.8 Å². The highest BCUT2D eigenvalue weighted by atomic mass is 16.5. The summed E-state index contributed by atoms with van der Waals surface area (Å²) in [6.07, 6.45) is 6.58. The highest BCUT2D eigenvalue weighted by molar-refractivity contribution is 5.05. The molecule has 6 nitrogen and oxygen atoms in total. The summed E-state index contributed by atoms with van der Waals surface area (Å²) >= 11 is 0. The van der Waals surface area contributed by atoms with Gasteiger partial charge in [0.2, 0.25) is 0 Å². The number of ether oxygens (including phenoxy) is 3. The van der Waals surface area contributed by atoms with Crippen molar-refractivity contribution in [3.8, 4) is 0 Å². The molecule has 2 fully saturated rings. The largest absolute Gasteiger partial charge is 0.381 e. The van der Waals surface area contributed by atoms with E-state index in [0.29, 0.717) is 12.0 Å². The maximum absolute atomic E-state index is 6.11. The molecular weight excluding hydrogens is 318 g/mol. The summed E-state index contributed by atoms with van der Waals surface area (Å²) in [5.74, 6) is 1.43. The summed E-state index contributed by atoms with van der Waals surface area (Å²) < 4.78 is 19.2. The molecule has 2 saturated heterocycles. The van der Waals surface area contributed by atoms with Crippen LogP contribution in [-0.2, 0) is 20.8 Å². The first-order valence-corrected chi connectivity index (χ1v) is 9.86. The average Bonchev–Trinajstić information content (AvgIpc) is 3.12. The van der Waals surface area contributed by atoms with Crippen molar-refractivity contribution in [3.63, 3.8) is 0 Å². The van der Waals surface area contributed by atoms with Gasteiger partial charge in [-0.05, 0) is 43.6 Å². The first-order valence-electron chi connectivity index (χ1n) is 9.86. The molecule has 0 aliphatic carbocycles. The minimum atomic E-state index is 0.332. The number of aromatic nitrogens is 2. The zero-order valence-electron chi connectivity index (χ0n) is 15.1. The van der Waals surface area contributed by atoms with Crippen LogP contribution >= 0.6 is 0 Å². The second kappa shape index (κ2) is 8.62. The minimum Gasteiger partial charge on any atom is -0.381 e. The highest BCUT2D eigenvalue weighted by Crippen LogP contribution is 2.25. The Morgan fingerprint density at radius 3 is 2.48 bits per heavy atom. The zero-order valence-corrected chi connectivity index (χ0v) is 15.1. The fourth-order valence-electron chi connectivity index (χ4n) is 4.31. The van der Waals surface area contributed by atoms with Crippen molar-refractivity contribution in [2.75, 3.05) is 52.7 Å². The van der Waals surface area contributed by atoms with Crippen molar-refractivity contribution < 1.29 is 14.2 Å². The normalized spacial score (nSPS) is 26.6. The summed E-state index contributed by atoms with van der Waals surface area (Å²) in [4.78, 5) is 2.59. The summed E-state index contributed by atoms with van der Waals surface area (Å²) in [6, 6.07) is 2.49. The lowest BCUT2D eigenvalue weighted by molar-refractivity contribution is -0.000162. The van der Waals surface area contributed by atoms with Crippen LogP contribution in [0.3, 0.4) is 0 Å². The predicted octanol–water partition coefficient (Wildman–Crippen LogP) is 2.11. The summed E-state index contributed by atoms with van der Waals surface area (Å²) in [7, 11) is 0. The number of nitrogens with zero attached hydrogens (tertiary/aromatic N) is 3. The zero-order chi connectivity index (χ0) is 16.9. The van der Waals surface area contributed by atoms with Gasteiger partial charge in [-0.15, -0.1) is 0 Å². The minimum absolute atomic E-state index is 0.332. The van der Waals surface area contributed by atoms with E-state index in [2.05, 4.69) is 20.7 Å². The molecule has 0 spiro atoms. The van der Waals surface area contributed by atoms with E-state index in [9.17, 15) is 0 Å². The number of fused-ring (bicyclic) bond motifs is 1. The summed E-state index contributed by atoms with van der Waals surface area (Å²) in [6.45, 7) is 8.47. The molecule has 4 heterocycles. The van der Waals surface area contributed by atoms with Crippen LogP contribution in [0.1, 0.15) is 37.4 Å². The van der Waals surface area contributed by atoms with Gasteiger partial charge in [-0.25, -0.2) is 0 Å². The highest BCUT2D eigenvalue weighted by Gasteiger charge is 2.28. The Morgan fingerprint density at radius 2 is 1.72 bits per heavy atom. The molecule has 3 aliphatic rings. The molecule has 3 aliphatic heterocycles. The Balaban J connectivity index is 1.30. The first-order chi connectivity index (χ1) is 12.4. The lowest BCUT2D eigenvalue weighted by Crippen LogP contribution is -2.42. The molecule has 0 saturated carbocycles. The Hall–Kier alpha value is -0.950. The molecule has 0 bridgehead atoms. The molecule has 1 aromatic heterocycles. The van der Waals surface area contributed by atoms with E-state index in [-0.39, 0.29) is 0 Å². The second-order valence-electron chi connectivity index (χ2n) is 7.76. The van der Waals surface area contributed by atoms with Gasteiger partial charge < -0.3 is 14.2 Å². The van der Waals surface area contributed by atoms with Crippen LogP contribution in [0.5, 0.6) is 0 Å². The van der Waals surface area contributed by atoms with E-state index in [4.69, 9.17) is 14.2 Å². The maximum atomic E-state index is 6.11. The average molecular weight is 349 g/mol. The van der Waals surface area contributed by atoms with Crippen LogP contribution < -0.4 is 0 Å². The maximum Gasteiger partial charge on any atom is 0.0883 e. The van der Waals surface area contributed by atoms with Crippen molar-refractivity contribution >= 4 is 0 Å². The van der Waals surface area contributed by atoms with E-state index in [1.54, 1.807) is 0 Å². The van der Waals surface area contributed by atoms with E-state index in [1.165, 1.54) is 25.1 Å². The topological polar surface area (TPSA) is 48.8 Å². The van der Waals surface area contributed by atoms with Gasteiger partial charge in [0.1, 0.15) is 0 Å². The predicted molar refractivity (Wildman–Crippen MR) is 94.4 cm³/mol. The molecule has 4 rings (SSSR count). The van der Waals surface area contributed by atoms with Crippen molar-refractivity contribution in [1.82, 2.24) is 14.7 Å². The molecule has 6 heteroatoms. The van der Waals surface area contributed by atoms with E-state index in [1.807, 2.05) is 6.20 Å². The summed E-state index contributed by atoms with van der Waals surface area (Å²) in [5.41, 5.74) is 1.32. The Labute approximate surface area is 150 Å². The van der Waals surface area contributed by atoms with Crippen LogP contribution in [0.25, 0.3) is 0 Å². The molecule has 0 unspecified atom stereocenters. The molecular formula is C19H31N3O3. The summed E-state index contributed by atoms with van der Waals surface area (Å²) in [5, 5.41) is 4.55. The smallest absolute Gasteiger partial charge is 0.0883 e. The molecule has 1 atom stereocenters. The number of hydrogen-bond donors (Lipinski definition) is 0. The van der Waals surface area contributed by atoms with Gasteiger partial charge in [-0.2, -0.15) is 5.10 Å². The Kier molecular flexibility index (Phi) is 6.02. The lowest BCUT2D eigenvalue weighted by atomic mass is 9.99. The van der Waals surface area contributed by atoms with Crippen LogP contribution in [0.2, 0.25) is 0 Å². The monoisotopic (exact) mass is 349 g/mol. The van der Waals surface area contributed by atoms with Gasteiger partial charge in [-0.3, -0.25) is 9.58 Å². The van der Waals surface area contributed by atoms with Crippen LogP contribution in [-0.4, -0.2) is 67.4 Å². The fraction of sp³-hybridized carbons (Fsp3) is 0.842. The van der Waals surface area contributed by atoms with E-state index >= 15 is 0 Å². The van der Waals surface area contributed by atoms with Crippen LogP contribution in [0.15, 0.2) is 12.3 Å². The second-order valence-corrected chi connectivity index (χ2v) is 7.76. The van der Waals surface area contributed by atoms with Gasteiger partial charge in [0.25, 0.3) is 0 Å². The number of hydrogen-bond acceptors (Lipinski definition) is 5. The van der Waals surface area contributed by atoms with Crippen LogP contribution in [0.4, 0.5) is 0 Å². The van der Waals surface area contributed by atoms with Crippen molar-refractivity contribution in [1.29, 1.82) is 0 Å². The molecule has 25 heavy (non-hydrogen) atoms. The Morgan fingerprint density at radius 1 is 1.00 bits per heavy atom.